The minimum absolute atomic E-state index is 0.170. The minimum Gasteiger partial charge on any atom is -0.317 e. The Bertz CT molecular complexity index is 633. The minimum atomic E-state index is -0.170. The van der Waals surface area contributed by atoms with Gasteiger partial charge in [-0.1, -0.05) is 46.7 Å². The van der Waals surface area contributed by atoms with Crippen LogP contribution >= 0.6 is 46.7 Å². The Balaban J connectivity index is 1.63. The van der Waals surface area contributed by atoms with Crippen molar-refractivity contribution in [1.29, 1.82) is 0 Å². The molecule has 0 spiro atoms. The third kappa shape index (κ3) is 7.05. The van der Waals surface area contributed by atoms with Crippen molar-refractivity contribution in [2.45, 2.75) is 0 Å². The van der Waals surface area contributed by atoms with E-state index in [1.165, 1.54) is 0 Å². The molecule has 24 heavy (non-hydrogen) atoms. The van der Waals surface area contributed by atoms with Crippen molar-refractivity contribution in [3.8, 4) is 0 Å². The average molecular weight is 401 g/mol. The first kappa shape index (κ1) is 19.0. The van der Waals surface area contributed by atoms with E-state index < -0.39 is 0 Å². The monoisotopic (exact) mass is 400 g/mol. The summed E-state index contributed by atoms with van der Waals surface area (Å²) in [6.07, 6.45) is 0. The third-order valence-corrected chi connectivity index (χ3v) is 5.04. The van der Waals surface area contributed by atoms with E-state index in [2.05, 4.69) is 10.6 Å². The van der Waals surface area contributed by atoms with Crippen LogP contribution in [0.1, 0.15) is 0 Å². The van der Waals surface area contributed by atoms with Crippen LogP contribution in [0, 0.1) is 0 Å². The van der Waals surface area contributed by atoms with E-state index in [0.717, 1.165) is 23.5 Å². The van der Waals surface area contributed by atoms with Gasteiger partial charge in [-0.25, -0.2) is 0 Å². The van der Waals surface area contributed by atoms with Gasteiger partial charge in [0.15, 0.2) is 0 Å². The molecular formula is C16H14Cl2N2O2S2. The first-order valence-electron chi connectivity index (χ1n) is 6.91. The summed E-state index contributed by atoms with van der Waals surface area (Å²) < 4.78 is 0. The Morgan fingerprint density at radius 3 is 1.38 bits per heavy atom. The fourth-order valence-corrected chi connectivity index (χ4v) is 3.31. The molecule has 0 aliphatic carbocycles. The molecule has 0 aromatic heterocycles. The van der Waals surface area contributed by atoms with E-state index in [4.69, 9.17) is 23.2 Å². The van der Waals surface area contributed by atoms with Crippen LogP contribution in [-0.4, -0.2) is 22.0 Å². The lowest BCUT2D eigenvalue weighted by atomic mass is 10.3. The smallest absolute Gasteiger partial charge is 0.283 e. The molecule has 2 aromatic carbocycles. The van der Waals surface area contributed by atoms with Gasteiger partial charge in [-0.15, -0.1) is 0 Å². The number of nitrogens with one attached hydrogen (secondary N) is 2. The number of carbonyl (C=O) groups is 2. The third-order valence-electron chi connectivity index (χ3n) is 2.73. The van der Waals surface area contributed by atoms with Crippen LogP contribution < -0.4 is 10.6 Å². The second-order valence-electron chi connectivity index (χ2n) is 4.54. The summed E-state index contributed by atoms with van der Waals surface area (Å²) in [4.78, 5) is 23.5. The maximum Gasteiger partial charge on any atom is 0.283 e. The fourth-order valence-electron chi connectivity index (χ4n) is 1.64. The van der Waals surface area contributed by atoms with Crippen molar-refractivity contribution in [3.05, 3.63) is 58.6 Å². The molecule has 126 valence electrons. The zero-order valence-electron chi connectivity index (χ0n) is 12.4. The van der Waals surface area contributed by atoms with Crippen LogP contribution in [-0.2, 0) is 0 Å². The van der Waals surface area contributed by atoms with E-state index in [1.807, 2.05) is 0 Å². The highest BCUT2D eigenvalue weighted by Gasteiger charge is 2.06. The molecule has 2 amide bonds. The maximum absolute atomic E-state index is 11.8. The Hall–Kier alpha value is -1.34. The zero-order valence-corrected chi connectivity index (χ0v) is 15.6. The van der Waals surface area contributed by atoms with Gasteiger partial charge in [-0.2, -0.15) is 0 Å². The number of carbonyl (C=O) groups excluding carboxylic acids is 2. The van der Waals surface area contributed by atoms with Crippen LogP contribution in [0.25, 0.3) is 0 Å². The first-order chi connectivity index (χ1) is 11.5. The second kappa shape index (κ2) is 9.84. The molecule has 2 aromatic rings. The quantitative estimate of drug-likeness (QED) is 0.584. The largest absolute Gasteiger partial charge is 0.317 e. The summed E-state index contributed by atoms with van der Waals surface area (Å²) >= 11 is 13.8. The Labute approximate surface area is 158 Å². The van der Waals surface area contributed by atoms with E-state index >= 15 is 0 Å². The van der Waals surface area contributed by atoms with Gasteiger partial charge in [-0.3, -0.25) is 9.59 Å². The molecule has 0 unspecified atom stereocenters. The highest BCUT2D eigenvalue weighted by atomic mass is 35.5. The molecule has 2 N–H and O–H groups in total. The highest BCUT2D eigenvalue weighted by molar-refractivity contribution is 8.17. The number of hydrogen-bond acceptors (Lipinski definition) is 4. The number of rotatable bonds is 5. The molecule has 8 heteroatoms. The van der Waals surface area contributed by atoms with Crippen molar-refractivity contribution < 1.29 is 9.59 Å². The van der Waals surface area contributed by atoms with Crippen LogP contribution in [0.4, 0.5) is 21.0 Å². The fraction of sp³-hybridized carbons (Fsp3) is 0.125. The van der Waals surface area contributed by atoms with Crippen LogP contribution in [0.15, 0.2) is 48.5 Å². The van der Waals surface area contributed by atoms with Gasteiger partial charge in [0.1, 0.15) is 0 Å². The van der Waals surface area contributed by atoms with E-state index in [9.17, 15) is 9.59 Å². The van der Waals surface area contributed by atoms with E-state index in [0.29, 0.717) is 32.9 Å². The second-order valence-corrected chi connectivity index (χ2v) is 7.54. The molecule has 0 aliphatic rings. The molecule has 2 rings (SSSR count). The van der Waals surface area contributed by atoms with Gasteiger partial charge in [0, 0.05) is 32.9 Å². The van der Waals surface area contributed by atoms with Gasteiger partial charge < -0.3 is 10.6 Å². The highest BCUT2D eigenvalue weighted by Crippen LogP contribution is 2.18. The van der Waals surface area contributed by atoms with Crippen molar-refractivity contribution in [2.75, 3.05) is 22.1 Å². The first-order valence-corrected chi connectivity index (χ1v) is 9.64. The SMILES string of the molecule is O=C(Nc1ccc(Cl)cc1)SCCSC(=O)Nc1ccc(Cl)cc1. The summed E-state index contributed by atoms with van der Waals surface area (Å²) in [5.41, 5.74) is 1.37. The van der Waals surface area contributed by atoms with Gasteiger partial charge in [-0.05, 0) is 48.5 Å². The molecule has 0 fully saturated rings. The number of hydrogen-bond donors (Lipinski definition) is 2. The predicted octanol–water partition coefficient (Wildman–Crippen LogP) is 6.22. The normalized spacial score (nSPS) is 10.2. The van der Waals surface area contributed by atoms with Gasteiger partial charge >= 0.3 is 0 Å². The van der Waals surface area contributed by atoms with Crippen molar-refractivity contribution in [1.82, 2.24) is 0 Å². The molecule has 0 radical (unpaired) electrons. The Kier molecular flexibility index (Phi) is 7.78. The molecule has 4 nitrogen and oxygen atoms in total. The number of amides is 2. The molecular weight excluding hydrogens is 387 g/mol. The van der Waals surface area contributed by atoms with Gasteiger partial charge in [0.05, 0.1) is 0 Å². The number of halogens is 2. The molecule has 0 heterocycles. The maximum atomic E-state index is 11.8. The van der Waals surface area contributed by atoms with Crippen molar-refractivity contribution >= 4 is 68.6 Å². The Morgan fingerprint density at radius 2 is 1.04 bits per heavy atom. The standard InChI is InChI=1S/C16H14Cl2N2O2S2/c17-11-1-5-13(6-2-11)19-15(21)23-9-10-24-16(22)20-14-7-3-12(18)4-8-14/h1-8H,9-10H2,(H,19,21)(H,20,22). The molecule has 0 aliphatic heterocycles. The average Bonchev–Trinajstić information content (AvgIpc) is 2.56. The predicted molar refractivity (Wildman–Crippen MR) is 106 cm³/mol. The zero-order chi connectivity index (χ0) is 17.4. The molecule has 0 bridgehead atoms. The molecule has 0 atom stereocenters. The van der Waals surface area contributed by atoms with Gasteiger partial charge in [0.25, 0.3) is 10.5 Å². The summed E-state index contributed by atoms with van der Waals surface area (Å²) in [6.45, 7) is 0. The summed E-state index contributed by atoms with van der Waals surface area (Å²) in [5.74, 6) is 1.05. The lowest BCUT2D eigenvalue weighted by Crippen LogP contribution is -2.08. The number of thioether (sulfide) groups is 2. The molecule has 0 saturated carbocycles. The van der Waals surface area contributed by atoms with E-state index in [1.54, 1.807) is 48.5 Å². The summed E-state index contributed by atoms with van der Waals surface area (Å²) in [5, 5.41) is 6.38. The lowest BCUT2D eigenvalue weighted by Gasteiger charge is -2.06. The number of benzene rings is 2. The van der Waals surface area contributed by atoms with Crippen LogP contribution in [0.5, 0.6) is 0 Å². The van der Waals surface area contributed by atoms with Crippen LogP contribution in [0.2, 0.25) is 10.0 Å². The van der Waals surface area contributed by atoms with Crippen LogP contribution in [0.3, 0.4) is 0 Å². The summed E-state index contributed by atoms with van der Waals surface area (Å²) in [7, 11) is 0. The van der Waals surface area contributed by atoms with E-state index in [-0.39, 0.29) is 10.5 Å². The lowest BCUT2D eigenvalue weighted by molar-refractivity contribution is 0.269. The van der Waals surface area contributed by atoms with Gasteiger partial charge in [0.2, 0.25) is 0 Å². The van der Waals surface area contributed by atoms with Crippen molar-refractivity contribution in [3.63, 3.8) is 0 Å². The number of anilines is 2. The Morgan fingerprint density at radius 1 is 0.708 bits per heavy atom. The topological polar surface area (TPSA) is 58.2 Å². The van der Waals surface area contributed by atoms with Crippen molar-refractivity contribution in [2.24, 2.45) is 0 Å². The summed E-state index contributed by atoms with van der Waals surface area (Å²) in [6, 6.07) is 13.8. The molecule has 0 saturated heterocycles.